The predicted octanol–water partition coefficient (Wildman–Crippen LogP) is 2.79. The molecule has 2 N–H and O–H groups in total. The van der Waals surface area contributed by atoms with Gasteiger partial charge in [-0.1, -0.05) is 34.4 Å². The van der Waals surface area contributed by atoms with Crippen LogP contribution in [0.1, 0.15) is 51.4 Å². The Kier molecular flexibility index (Phi) is 16.1. The van der Waals surface area contributed by atoms with E-state index in [0.29, 0.717) is 37.4 Å². The van der Waals surface area contributed by atoms with Gasteiger partial charge in [0.2, 0.25) is 23.6 Å². The molecule has 0 spiro atoms. The number of nitrogens with one attached hydrogen (secondary N) is 2. The van der Waals surface area contributed by atoms with Crippen LogP contribution in [0.5, 0.6) is 0 Å². The second-order valence-electron chi connectivity index (χ2n) is 8.23. The number of hydrogen-bond acceptors (Lipinski definition) is 8. The van der Waals surface area contributed by atoms with Gasteiger partial charge in [0.25, 0.3) is 0 Å². The molecular formula is C22H38N4O4S4. The summed E-state index contributed by atoms with van der Waals surface area (Å²) in [4.78, 5) is 51.5. The smallest absolute Gasteiger partial charge is 0.230 e. The quantitative estimate of drug-likeness (QED) is 0.211. The lowest BCUT2D eigenvalue weighted by Gasteiger charge is -2.13. The Morgan fingerprint density at radius 2 is 1.09 bits per heavy atom. The topological polar surface area (TPSA) is 98.8 Å². The minimum Gasteiger partial charge on any atom is -0.355 e. The molecule has 0 radical (unpaired) electrons. The summed E-state index contributed by atoms with van der Waals surface area (Å²) in [5, 5.41) is 5.79. The number of amides is 4. The fraction of sp³-hybridized carbons (Fsp3) is 0.818. The van der Waals surface area contributed by atoms with Gasteiger partial charge in [-0.25, -0.2) is 0 Å². The molecule has 2 fully saturated rings. The van der Waals surface area contributed by atoms with E-state index in [9.17, 15) is 19.2 Å². The van der Waals surface area contributed by atoms with Crippen LogP contribution in [0.25, 0.3) is 0 Å². The first kappa shape index (κ1) is 29.5. The van der Waals surface area contributed by atoms with Gasteiger partial charge in [-0.3, -0.25) is 19.2 Å². The summed E-state index contributed by atoms with van der Waals surface area (Å²) in [5.41, 5.74) is 0. The van der Waals surface area contributed by atoms with Crippen molar-refractivity contribution in [1.82, 2.24) is 20.4 Å². The lowest BCUT2D eigenvalue weighted by molar-refractivity contribution is -0.130. The zero-order valence-electron chi connectivity index (χ0n) is 19.9. The van der Waals surface area contributed by atoms with E-state index in [-0.39, 0.29) is 23.6 Å². The van der Waals surface area contributed by atoms with Crippen molar-refractivity contribution >= 4 is 68.7 Å². The van der Waals surface area contributed by atoms with Gasteiger partial charge in [0.15, 0.2) is 0 Å². The highest BCUT2D eigenvalue weighted by Crippen LogP contribution is 2.20. The first-order valence-electron chi connectivity index (χ1n) is 12.0. The summed E-state index contributed by atoms with van der Waals surface area (Å²) in [6.45, 7) is 3.00. The number of carbonyl (C=O) groups is 4. The van der Waals surface area contributed by atoms with E-state index in [0.717, 1.165) is 74.9 Å². The molecule has 2 saturated heterocycles. The third-order valence-electron chi connectivity index (χ3n) is 5.45. The van der Waals surface area contributed by atoms with Crippen molar-refractivity contribution < 1.29 is 19.2 Å². The van der Waals surface area contributed by atoms with E-state index in [1.807, 2.05) is 9.80 Å². The van der Waals surface area contributed by atoms with Gasteiger partial charge in [-0.2, -0.15) is 0 Å². The molecular weight excluding hydrogens is 513 g/mol. The van der Waals surface area contributed by atoms with Crippen LogP contribution in [-0.4, -0.2) is 94.4 Å². The molecule has 0 aliphatic carbocycles. The summed E-state index contributed by atoms with van der Waals surface area (Å²) >= 11 is 3.60. The van der Waals surface area contributed by atoms with Crippen molar-refractivity contribution in [1.29, 1.82) is 0 Å². The van der Waals surface area contributed by atoms with Gasteiger partial charge in [0.1, 0.15) is 0 Å². The summed E-state index contributed by atoms with van der Waals surface area (Å²) in [6.07, 6.45) is 6.55. The first-order chi connectivity index (χ1) is 16.6. The van der Waals surface area contributed by atoms with E-state index < -0.39 is 0 Å². The van der Waals surface area contributed by atoms with Crippen molar-refractivity contribution in [3.05, 3.63) is 0 Å². The molecule has 2 aliphatic rings. The van der Waals surface area contributed by atoms with E-state index in [1.54, 1.807) is 23.5 Å². The van der Waals surface area contributed by atoms with Crippen LogP contribution in [0.2, 0.25) is 0 Å². The third-order valence-corrected chi connectivity index (χ3v) is 9.52. The normalized spacial score (nSPS) is 15.5. The standard InChI is InChI=1S/C22H38N4O4S4/c27-19(23-9-5-1-3-7-21(29)25-11-13-31-17-25)15-33-34-16-20(28)24-10-6-2-4-8-22(30)26-12-14-32-18-26/h1-18H2,(H,23,27)(H,24,28). The van der Waals surface area contributed by atoms with Gasteiger partial charge in [-0.15, -0.1) is 23.5 Å². The zero-order chi connectivity index (χ0) is 24.4. The molecule has 0 saturated carbocycles. The Labute approximate surface area is 220 Å². The summed E-state index contributed by atoms with van der Waals surface area (Å²) in [5.74, 6) is 4.84. The van der Waals surface area contributed by atoms with Crippen LogP contribution < -0.4 is 10.6 Å². The molecule has 0 atom stereocenters. The summed E-state index contributed by atoms with van der Waals surface area (Å²) < 4.78 is 0. The van der Waals surface area contributed by atoms with Gasteiger partial charge in [-0.05, 0) is 25.7 Å². The monoisotopic (exact) mass is 550 g/mol. The number of thioether (sulfide) groups is 2. The van der Waals surface area contributed by atoms with Crippen molar-refractivity contribution in [3.8, 4) is 0 Å². The van der Waals surface area contributed by atoms with Crippen LogP contribution in [0, 0.1) is 0 Å². The summed E-state index contributed by atoms with van der Waals surface area (Å²) in [6, 6.07) is 0. The first-order valence-corrected chi connectivity index (χ1v) is 16.8. The number of hydrogen-bond donors (Lipinski definition) is 2. The van der Waals surface area contributed by atoms with Crippen molar-refractivity contribution in [2.45, 2.75) is 51.4 Å². The molecule has 0 bridgehead atoms. The van der Waals surface area contributed by atoms with E-state index in [1.165, 1.54) is 21.6 Å². The Hall–Kier alpha value is -0.720. The van der Waals surface area contributed by atoms with Crippen molar-refractivity contribution in [3.63, 3.8) is 0 Å². The van der Waals surface area contributed by atoms with Crippen molar-refractivity contribution in [2.24, 2.45) is 0 Å². The largest absolute Gasteiger partial charge is 0.355 e. The van der Waals surface area contributed by atoms with Crippen molar-refractivity contribution in [2.75, 3.05) is 60.9 Å². The fourth-order valence-corrected chi connectivity index (χ4v) is 7.11. The molecule has 0 aromatic heterocycles. The van der Waals surface area contributed by atoms with Crippen LogP contribution in [0.3, 0.4) is 0 Å². The molecule has 0 unspecified atom stereocenters. The lowest BCUT2D eigenvalue weighted by atomic mass is 10.2. The number of nitrogens with zero attached hydrogens (tertiary/aromatic N) is 2. The average molecular weight is 551 g/mol. The second-order valence-corrected chi connectivity index (χ2v) is 12.8. The van der Waals surface area contributed by atoms with Gasteiger partial charge in [0, 0.05) is 50.5 Å². The Morgan fingerprint density at radius 3 is 1.47 bits per heavy atom. The number of unbranched alkanes of at least 4 members (excludes halogenated alkanes) is 4. The fourth-order valence-electron chi connectivity index (χ4n) is 3.44. The molecule has 4 amide bonds. The molecule has 0 aromatic rings. The molecule has 34 heavy (non-hydrogen) atoms. The average Bonchev–Trinajstić information content (AvgIpc) is 3.55. The second kappa shape index (κ2) is 18.5. The molecule has 194 valence electrons. The van der Waals surface area contributed by atoms with Gasteiger partial charge < -0.3 is 20.4 Å². The molecule has 0 aromatic carbocycles. The minimum absolute atomic E-state index is 0.0230. The molecule has 8 nitrogen and oxygen atoms in total. The number of carbonyl (C=O) groups excluding carboxylic acids is 4. The highest BCUT2D eigenvalue weighted by Gasteiger charge is 2.18. The Morgan fingerprint density at radius 1 is 0.647 bits per heavy atom. The highest BCUT2D eigenvalue weighted by molar-refractivity contribution is 8.77. The summed E-state index contributed by atoms with van der Waals surface area (Å²) in [7, 11) is 2.77. The maximum absolute atomic E-state index is 11.9. The van der Waals surface area contributed by atoms with Crippen LogP contribution in [0.15, 0.2) is 0 Å². The Balaban J connectivity index is 1.32. The van der Waals surface area contributed by atoms with Gasteiger partial charge >= 0.3 is 0 Å². The van der Waals surface area contributed by atoms with Crippen LogP contribution in [-0.2, 0) is 19.2 Å². The van der Waals surface area contributed by atoms with E-state index in [2.05, 4.69) is 10.6 Å². The number of rotatable bonds is 17. The van der Waals surface area contributed by atoms with E-state index >= 15 is 0 Å². The molecule has 12 heteroatoms. The predicted molar refractivity (Wildman–Crippen MR) is 146 cm³/mol. The zero-order valence-corrected chi connectivity index (χ0v) is 23.2. The maximum Gasteiger partial charge on any atom is 0.230 e. The molecule has 2 rings (SSSR count). The maximum atomic E-state index is 11.9. The van der Waals surface area contributed by atoms with Crippen LogP contribution in [0.4, 0.5) is 0 Å². The van der Waals surface area contributed by atoms with E-state index in [4.69, 9.17) is 0 Å². The molecule has 2 heterocycles. The lowest BCUT2D eigenvalue weighted by Crippen LogP contribution is -2.28. The SMILES string of the molecule is O=C(CSSCC(=O)NCCCCCC(=O)N1CCSC1)NCCCCCC(=O)N1CCSC1. The Bertz CT molecular complexity index is 590. The molecule has 2 aliphatic heterocycles. The third kappa shape index (κ3) is 13.4. The minimum atomic E-state index is -0.0230. The van der Waals surface area contributed by atoms with Gasteiger partial charge in [0.05, 0.1) is 23.3 Å². The van der Waals surface area contributed by atoms with Crippen LogP contribution >= 0.6 is 45.1 Å². The highest BCUT2D eigenvalue weighted by atomic mass is 33.1.